The van der Waals surface area contributed by atoms with Gasteiger partial charge in [0.05, 0.1) is 0 Å². The van der Waals surface area contributed by atoms with E-state index in [4.69, 9.17) is 0 Å². The molecular weight excluding hydrogens is 86.1 g/mol. The van der Waals surface area contributed by atoms with Crippen LogP contribution in [0.15, 0.2) is 0 Å². The molecule has 0 aromatic rings. The first-order valence-corrected chi connectivity index (χ1v) is 3.04. The maximum atomic E-state index is 3.37. The summed E-state index contributed by atoms with van der Waals surface area (Å²) in [5.41, 5.74) is 0. The van der Waals surface area contributed by atoms with Crippen LogP contribution in [0.2, 0.25) is 0 Å². The normalized spacial score (nSPS) is 42.0. The molecule has 7 heavy (non-hydrogen) atoms. The third-order valence-corrected chi connectivity index (χ3v) is 1.92. The van der Waals surface area contributed by atoms with Gasteiger partial charge in [-0.15, -0.1) is 0 Å². The zero-order valence-corrected chi connectivity index (χ0v) is 5.07. The summed E-state index contributed by atoms with van der Waals surface area (Å²) < 4.78 is 0. The smallest absolute Gasteiger partial charge is 0.00648 e. The Morgan fingerprint density at radius 3 is 2.29 bits per heavy atom. The molecule has 0 aromatic heterocycles. The standard InChI is InChI=1S/C6H13N/c1-5-3-4-7-6(5)2/h5-7H,3-4H2,1-2H3/t5?,6-/m0/s1. The third-order valence-electron chi connectivity index (χ3n) is 1.92. The summed E-state index contributed by atoms with van der Waals surface area (Å²) in [4.78, 5) is 0. The molecule has 1 heteroatoms. The SMILES string of the molecule is CC1CCN[C@H]1C. The van der Waals surface area contributed by atoms with Gasteiger partial charge in [0, 0.05) is 6.04 Å². The van der Waals surface area contributed by atoms with Crippen molar-refractivity contribution >= 4 is 0 Å². The van der Waals surface area contributed by atoms with E-state index in [1.54, 1.807) is 0 Å². The molecule has 1 saturated heterocycles. The second-order valence-corrected chi connectivity index (χ2v) is 2.51. The average molecular weight is 99.2 g/mol. The molecule has 1 nitrogen and oxygen atoms in total. The average Bonchev–Trinajstić information content (AvgIpc) is 1.91. The highest BCUT2D eigenvalue weighted by atomic mass is 14.9. The summed E-state index contributed by atoms with van der Waals surface area (Å²) in [5, 5.41) is 3.37. The van der Waals surface area contributed by atoms with Gasteiger partial charge < -0.3 is 5.32 Å². The van der Waals surface area contributed by atoms with Crippen molar-refractivity contribution in [1.29, 1.82) is 0 Å². The van der Waals surface area contributed by atoms with Crippen LogP contribution < -0.4 is 5.32 Å². The highest BCUT2D eigenvalue weighted by molar-refractivity contribution is 4.75. The number of nitrogens with one attached hydrogen (secondary N) is 1. The molecule has 0 amide bonds. The lowest BCUT2D eigenvalue weighted by molar-refractivity contribution is 0.519. The zero-order chi connectivity index (χ0) is 5.28. The molecular formula is C6H13N. The Labute approximate surface area is 45.1 Å². The summed E-state index contributed by atoms with van der Waals surface area (Å²) >= 11 is 0. The minimum atomic E-state index is 0.764. The third kappa shape index (κ3) is 0.942. The van der Waals surface area contributed by atoms with Gasteiger partial charge in [-0.1, -0.05) is 6.92 Å². The Morgan fingerprint density at radius 2 is 2.14 bits per heavy atom. The summed E-state index contributed by atoms with van der Waals surface area (Å²) in [6.45, 7) is 5.77. The zero-order valence-electron chi connectivity index (χ0n) is 5.07. The summed E-state index contributed by atoms with van der Waals surface area (Å²) in [6, 6.07) is 0.764. The van der Waals surface area contributed by atoms with Gasteiger partial charge >= 0.3 is 0 Å². The van der Waals surface area contributed by atoms with Crippen molar-refractivity contribution in [2.24, 2.45) is 5.92 Å². The largest absolute Gasteiger partial charge is 0.314 e. The quantitative estimate of drug-likeness (QED) is 0.478. The first kappa shape index (κ1) is 5.10. The van der Waals surface area contributed by atoms with E-state index in [9.17, 15) is 0 Å². The first-order chi connectivity index (χ1) is 3.30. The van der Waals surface area contributed by atoms with Crippen molar-refractivity contribution in [3.63, 3.8) is 0 Å². The van der Waals surface area contributed by atoms with Crippen molar-refractivity contribution in [2.75, 3.05) is 6.54 Å². The molecule has 0 saturated carbocycles. The van der Waals surface area contributed by atoms with Gasteiger partial charge in [-0.05, 0) is 25.8 Å². The van der Waals surface area contributed by atoms with E-state index in [1.165, 1.54) is 13.0 Å². The van der Waals surface area contributed by atoms with E-state index in [-0.39, 0.29) is 0 Å². The molecule has 0 aliphatic carbocycles. The molecule has 2 atom stereocenters. The van der Waals surface area contributed by atoms with E-state index in [0.717, 1.165) is 12.0 Å². The van der Waals surface area contributed by atoms with E-state index in [0.29, 0.717) is 0 Å². The fourth-order valence-corrected chi connectivity index (χ4v) is 0.990. The van der Waals surface area contributed by atoms with Crippen molar-refractivity contribution in [3.8, 4) is 0 Å². The van der Waals surface area contributed by atoms with Crippen molar-refractivity contribution in [3.05, 3.63) is 0 Å². The van der Waals surface area contributed by atoms with E-state index in [1.807, 2.05) is 0 Å². The van der Waals surface area contributed by atoms with Gasteiger partial charge in [0.1, 0.15) is 0 Å². The number of rotatable bonds is 0. The van der Waals surface area contributed by atoms with Crippen LogP contribution in [0.4, 0.5) is 0 Å². The second kappa shape index (κ2) is 1.83. The Morgan fingerprint density at radius 1 is 1.43 bits per heavy atom. The summed E-state index contributed by atoms with van der Waals surface area (Å²) in [7, 11) is 0. The maximum Gasteiger partial charge on any atom is 0.00648 e. The monoisotopic (exact) mass is 99.1 g/mol. The van der Waals surface area contributed by atoms with Crippen LogP contribution in [0.5, 0.6) is 0 Å². The molecule has 42 valence electrons. The van der Waals surface area contributed by atoms with Crippen LogP contribution in [-0.4, -0.2) is 12.6 Å². The fraction of sp³-hybridized carbons (Fsp3) is 1.00. The molecule has 0 spiro atoms. The molecule has 1 fully saturated rings. The fourth-order valence-electron chi connectivity index (χ4n) is 0.990. The highest BCUT2D eigenvalue weighted by Gasteiger charge is 2.16. The Hall–Kier alpha value is -0.0400. The molecule has 1 aliphatic rings. The van der Waals surface area contributed by atoms with Crippen LogP contribution in [0.1, 0.15) is 20.3 Å². The van der Waals surface area contributed by atoms with Gasteiger partial charge in [0.15, 0.2) is 0 Å². The predicted molar refractivity (Wildman–Crippen MR) is 31.2 cm³/mol. The van der Waals surface area contributed by atoms with Crippen LogP contribution in [0.25, 0.3) is 0 Å². The van der Waals surface area contributed by atoms with Gasteiger partial charge in [-0.25, -0.2) is 0 Å². The van der Waals surface area contributed by atoms with Crippen molar-refractivity contribution in [1.82, 2.24) is 5.32 Å². The molecule has 1 heterocycles. The van der Waals surface area contributed by atoms with Gasteiger partial charge in [0.2, 0.25) is 0 Å². The lowest BCUT2D eigenvalue weighted by Crippen LogP contribution is -2.20. The van der Waals surface area contributed by atoms with Crippen molar-refractivity contribution < 1.29 is 0 Å². The highest BCUT2D eigenvalue weighted by Crippen LogP contribution is 2.12. The van der Waals surface area contributed by atoms with Crippen LogP contribution >= 0.6 is 0 Å². The number of hydrogen-bond donors (Lipinski definition) is 1. The Bertz CT molecular complexity index is 53.2. The lowest BCUT2D eigenvalue weighted by atomic mass is 10.1. The molecule has 1 aliphatic heterocycles. The summed E-state index contributed by atoms with van der Waals surface area (Å²) in [5.74, 6) is 0.903. The van der Waals surface area contributed by atoms with Crippen LogP contribution in [-0.2, 0) is 0 Å². The molecule has 0 radical (unpaired) electrons. The minimum absolute atomic E-state index is 0.764. The number of hydrogen-bond acceptors (Lipinski definition) is 1. The molecule has 1 rings (SSSR count). The van der Waals surface area contributed by atoms with Crippen LogP contribution in [0.3, 0.4) is 0 Å². The van der Waals surface area contributed by atoms with E-state index >= 15 is 0 Å². The first-order valence-electron chi connectivity index (χ1n) is 3.04. The summed E-state index contributed by atoms with van der Waals surface area (Å²) in [6.07, 6.45) is 1.36. The van der Waals surface area contributed by atoms with Crippen molar-refractivity contribution in [2.45, 2.75) is 26.3 Å². The molecule has 1 N–H and O–H groups in total. The minimum Gasteiger partial charge on any atom is -0.314 e. The topological polar surface area (TPSA) is 12.0 Å². The molecule has 0 bridgehead atoms. The van der Waals surface area contributed by atoms with Crippen LogP contribution in [0, 0.1) is 5.92 Å². The molecule has 0 aromatic carbocycles. The second-order valence-electron chi connectivity index (χ2n) is 2.51. The Balaban J connectivity index is 2.33. The van der Waals surface area contributed by atoms with E-state index in [2.05, 4.69) is 19.2 Å². The van der Waals surface area contributed by atoms with E-state index < -0.39 is 0 Å². The molecule has 1 unspecified atom stereocenters. The van der Waals surface area contributed by atoms with Gasteiger partial charge in [0.25, 0.3) is 0 Å². The Kier molecular flexibility index (Phi) is 1.33. The van der Waals surface area contributed by atoms with Gasteiger partial charge in [-0.2, -0.15) is 0 Å². The lowest BCUT2D eigenvalue weighted by Gasteiger charge is -2.05. The predicted octanol–water partition coefficient (Wildman–Crippen LogP) is 1.00. The maximum absolute atomic E-state index is 3.37. The van der Waals surface area contributed by atoms with Gasteiger partial charge in [-0.3, -0.25) is 0 Å².